The first kappa shape index (κ1) is 71.6. The second kappa shape index (κ2) is 28.1. The number of hydrogen-bond donors (Lipinski definition) is 13. The fourth-order valence-corrected chi connectivity index (χ4v) is 15.7. The molecule has 13 heterocycles. The summed E-state index contributed by atoms with van der Waals surface area (Å²) in [5.41, 5.74) is 18.9. The standard InChI is InChI=1S/C49H62N20O28P4/c1-19-9-66(49(76)64-43(19)72)33-6-22(95-100(81,82)88-13-28-23(7-34(92-28)67-16-56-36-39(51)54-15-55-40(36)67)96-98(77,78)85-11-26-20(71)4-31(90-26)68-17-57-37-41(68)60-46(52)62-44(37)73)27(91-33)12-87-101(83,84)97-24-8-35(69-18-58-38-42(69)61-47(53)63-45(38)74)93-29(24)14-86-99(79,80)94-21-5-32(89-25(21)10-70)65-3-2-30(50)59-48(65)75/h2-3,9,15-18,20-29,31-35,70-71H,4-8,10-14H2,1H3,(H,77,78)(H,79,80)(H,81,82)(H,83,84)(H2,50,59,75)(H2,51,54,55)(H,64,72,76)(H3,52,60,62,73)(H3,53,61,63,74)/t20-,21-,22-,23-,24-,25+,26+,27+,28+,29+,31+,32+,33+,34+,35+/m0/s1. The number of ether oxygens (including phenoxy) is 5. The maximum Gasteiger partial charge on any atom is 0.472 e. The van der Waals surface area contributed by atoms with Crippen LogP contribution in [-0.4, -0.2) is 202 Å². The minimum Gasteiger partial charge on any atom is -0.394 e. The van der Waals surface area contributed by atoms with Crippen molar-refractivity contribution in [2.24, 2.45) is 0 Å². The lowest BCUT2D eigenvalue weighted by Crippen LogP contribution is -2.33. The van der Waals surface area contributed by atoms with Crippen molar-refractivity contribution in [1.82, 2.24) is 77.7 Å². The molecule has 0 spiro atoms. The molecule has 5 aliphatic heterocycles. The number of nitrogen functional groups attached to an aromatic ring is 4. The van der Waals surface area contributed by atoms with E-state index in [9.17, 15) is 72.0 Å². The Morgan fingerprint density at radius 1 is 0.505 bits per heavy atom. The molecule has 0 aromatic carbocycles. The summed E-state index contributed by atoms with van der Waals surface area (Å²) in [4.78, 5) is 148. The molecular weight excluding hydrogens is 1440 g/mol. The van der Waals surface area contributed by atoms with Crippen molar-refractivity contribution >= 4 is 88.3 Å². The van der Waals surface area contributed by atoms with Crippen LogP contribution in [0.3, 0.4) is 0 Å². The first-order valence-corrected chi connectivity index (χ1v) is 36.1. The number of H-pyrrole nitrogens is 3. The van der Waals surface area contributed by atoms with Crippen LogP contribution >= 0.6 is 31.3 Å². The molecule has 8 aromatic heterocycles. The lowest BCUT2D eigenvalue weighted by atomic mass is 10.2. The molecule has 0 aliphatic carbocycles. The summed E-state index contributed by atoms with van der Waals surface area (Å²) in [6.07, 6.45) is -16.2. The molecule has 101 heavy (non-hydrogen) atoms. The molecule has 0 radical (unpaired) electrons. The number of aryl methyl sites for hydroxylation is 1. The summed E-state index contributed by atoms with van der Waals surface area (Å²) in [5, 5.41) is 21.1. The van der Waals surface area contributed by atoms with E-state index in [1.807, 2.05) is 0 Å². The number of aliphatic hydroxyl groups excluding tert-OH is 2. The van der Waals surface area contributed by atoms with Crippen LogP contribution < -0.4 is 51.0 Å². The van der Waals surface area contributed by atoms with E-state index < -0.39 is 197 Å². The van der Waals surface area contributed by atoms with E-state index in [1.165, 1.54) is 45.5 Å². The number of anilines is 4. The first-order valence-electron chi connectivity index (χ1n) is 30.1. The molecule has 52 heteroatoms. The summed E-state index contributed by atoms with van der Waals surface area (Å²) in [5.74, 6) is -0.710. The second-order valence-corrected chi connectivity index (χ2v) is 29.0. The molecule has 8 aromatic rings. The molecule has 0 amide bonds. The van der Waals surface area contributed by atoms with Crippen molar-refractivity contribution < 1.29 is 108 Å². The third kappa shape index (κ3) is 15.5. The number of hydrogen-bond acceptors (Lipinski definition) is 36. The van der Waals surface area contributed by atoms with Gasteiger partial charge in [0.25, 0.3) is 16.7 Å². The van der Waals surface area contributed by atoms with E-state index in [1.54, 1.807) is 0 Å². The quantitative estimate of drug-likeness (QED) is 0.0246. The molecular formula is C49H62N20O28P4. The maximum atomic E-state index is 14.2. The molecule has 4 unspecified atom stereocenters. The Morgan fingerprint density at radius 2 is 0.911 bits per heavy atom. The van der Waals surface area contributed by atoms with E-state index in [0.29, 0.717) is 0 Å². The number of aliphatic hydroxyl groups is 2. The molecule has 19 atom stereocenters. The Morgan fingerprint density at radius 3 is 1.39 bits per heavy atom. The Balaban J connectivity index is 0.703. The number of rotatable bonds is 26. The fourth-order valence-electron chi connectivity index (χ4n) is 11.9. The number of phosphoric ester groups is 4. The molecule has 0 bridgehead atoms. The summed E-state index contributed by atoms with van der Waals surface area (Å²) < 4.78 is 136. The van der Waals surface area contributed by atoms with Gasteiger partial charge in [-0.1, -0.05) is 0 Å². The Labute approximate surface area is 560 Å². The summed E-state index contributed by atoms with van der Waals surface area (Å²) in [6.45, 7) is -3.25. The molecule has 5 fully saturated rings. The predicted molar refractivity (Wildman–Crippen MR) is 332 cm³/mol. The van der Waals surface area contributed by atoms with Crippen molar-refractivity contribution in [3.8, 4) is 0 Å². The smallest absolute Gasteiger partial charge is 0.394 e. The molecule has 5 saturated heterocycles. The van der Waals surface area contributed by atoms with Crippen LogP contribution in [0.25, 0.3) is 33.5 Å². The zero-order chi connectivity index (χ0) is 71.8. The molecule has 13 rings (SSSR count). The largest absolute Gasteiger partial charge is 0.472 e. The van der Waals surface area contributed by atoms with Gasteiger partial charge in [-0.2, -0.15) is 15.0 Å². The van der Waals surface area contributed by atoms with Crippen LogP contribution in [0, 0.1) is 6.92 Å². The van der Waals surface area contributed by atoms with Crippen LogP contribution in [0.1, 0.15) is 68.8 Å². The van der Waals surface area contributed by atoms with Gasteiger partial charge in [-0.25, -0.2) is 52.8 Å². The summed E-state index contributed by atoms with van der Waals surface area (Å²) >= 11 is 0. The van der Waals surface area contributed by atoms with Gasteiger partial charge in [0.1, 0.15) is 104 Å². The molecule has 0 saturated carbocycles. The van der Waals surface area contributed by atoms with Gasteiger partial charge in [0.05, 0.1) is 58.1 Å². The first-order chi connectivity index (χ1) is 47.9. The summed E-state index contributed by atoms with van der Waals surface area (Å²) in [6, 6.07) is 1.29. The SMILES string of the molecule is Cc1cn([C@H]2C[C@H](OP(=O)(O)OC[C@H]3O[C@@H](n4cnc5c(N)ncnc54)C[C@@H]3OP(=O)(O)OC[C@H]3O[C@@H](n4cnc5c(=O)[nH]c(N)nc54)C[C@@H]3O)[C@@H](COP(=O)(O)O[C@H]3C[C@H](n4cnc5c(=O)[nH]c(N)nc54)O[C@@H]3COP(=O)(O)O[C@H]3C[C@H](n4ccc(N)nc4=O)O[C@@H]3CO)O2)c(=O)[nH]c1=O. The normalized spacial score (nSPS) is 29.4. The number of aromatic amines is 3. The topological polar surface area (TPSA) is 674 Å². The van der Waals surface area contributed by atoms with Crippen molar-refractivity contribution in [3.05, 3.63) is 101 Å². The van der Waals surface area contributed by atoms with Gasteiger partial charge in [0, 0.05) is 50.1 Å². The maximum absolute atomic E-state index is 14.2. The Kier molecular flexibility index (Phi) is 19.9. The van der Waals surface area contributed by atoms with Crippen LogP contribution in [0.5, 0.6) is 0 Å². The predicted octanol–water partition coefficient (Wildman–Crippen LogP) is -2.66. The fraction of sp³-hybridized carbons (Fsp3) is 0.531. The number of fused-ring (bicyclic) bond motifs is 3. The molecule has 5 aliphatic rings. The molecule has 48 nitrogen and oxygen atoms in total. The van der Waals surface area contributed by atoms with Gasteiger partial charge < -0.3 is 76.4 Å². The minimum absolute atomic E-state index is 0.00427. The van der Waals surface area contributed by atoms with Crippen LogP contribution in [0.2, 0.25) is 0 Å². The number of nitrogens with zero attached hydrogens (tertiary/aromatic N) is 13. The third-order valence-corrected chi connectivity index (χ3v) is 20.7. The average molecular weight is 1500 g/mol. The Bertz CT molecular complexity index is 4970. The summed E-state index contributed by atoms with van der Waals surface area (Å²) in [7, 11) is -21.6. The van der Waals surface area contributed by atoms with Crippen LogP contribution in [0.4, 0.5) is 23.5 Å². The number of nitrogens with one attached hydrogen (secondary N) is 3. The van der Waals surface area contributed by atoms with Gasteiger partial charge in [-0.05, 0) is 13.0 Å². The van der Waals surface area contributed by atoms with Crippen molar-refractivity contribution in [1.29, 1.82) is 0 Å². The van der Waals surface area contributed by atoms with Gasteiger partial charge in [-0.3, -0.25) is 88.4 Å². The lowest BCUT2D eigenvalue weighted by Gasteiger charge is -2.25. The molecule has 546 valence electrons. The Hall–Kier alpha value is -7.83. The van der Waals surface area contributed by atoms with E-state index in [4.69, 9.17) is 82.8 Å². The third-order valence-electron chi connectivity index (χ3n) is 16.6. The van der Waals surface area contributed by atoms with E-state index in [-0.39, 0.29) is 81.8 Å². The monoisotopic (exact) mass is 1500 g/mol. The van der Waals surface area contributed by atoms with E-state index in [0.717, 1.165) is 28.0 Å². The number of phosphoric acid groups is 4. The van der Waals surface area contributed by atoms with Gasteiger partial charge >= 0.3 is 42.7 Å². The highest BCUT2D eigenvalue weighted by Crippen LogP contribution is 2.55. The van der Waals surface area contributed by atoms with E-state index >= 15 is 0 Å². The minimum atomic E-state index is -5.53. The van der Waals surface area contributed by atoms with Gasteiger partial charge in [-0.15, -0.1) is 0 Å². The highest BCUT2D eigenvalue weighted by atomic mass is 31.2. The second-order valence-electron chi connectivity index (χ2n) is 23.4. The van der Waals surface area contributed by atoms with Crippen molar-refractivity contribution in [2.75, 3.05) is 56.0 Å². The average Bonchev–Trinajstić information content (AvgIpc) is 1.64. The highest BCUT2D eigenvalue weighted by molar-refractivity contribution is 7.48. The van der Waals surface area contributed by atoms with Crippen LogP contribution in [0.15, 0.2) is 67.7 Å². The van der Waals surface area contributed by atoms with Gasteiger partial charge in [0.15, 0.2) is 33.8 Å². The van der Waals surface area contributed by atoms with Crippen molar-refractivity contribution in [2.45, 2.75) is 131 Å². The lowest BCUT2D eigenvalue weighted by molar-refractivity contribution is -0.0640. The molecule has 17 N–H and O–H groups in total. The highest BCUT2D eigenvalue weighted by Gasteiger charge is 2.50. The van der Waals surface area contributed by atoms with Crippen molar-refractivity contribution in [3.63, 3.8) is 0 Å². The van der Waals surface area contributed by atoms with Gasteiger partial charge in [0.2, 0.25) is 11.9 Å². The van der Waals surface area contributed by atoms with Crippen LogP contribution in [-0.2, 0) is 78.1 Å². The number of aromatic nitrogens is 16. The zero-order valence-corrected chi connectivity index (χ0v) is 55.4. The zero-order valence-electron chi connectivity index (χ0n) is 51.8. The number of nitrogens with two attached hydrogens (primary N) is 4. The van der Waals surface area contributed by atoms with E-state index in [2.05, 4.69) is 54.8 Å². The number of imidazole rings is 3.